The minimum Gasteiger partial charge on any atom is -0.508 e. The number of aliphatic hydroxyl groups excluding tert-OH is 1. The molecule has 21 heteroatoms. The number of nitrogens with one attached hydrogen (secondary N) is 7. The van der Waals surface area contributed by atoms with E-state index in [4.69, 9.17) is 4.74 Å². The number of ether oxygens (including phenoxy) is 1. The van der Waals surface area contributed by atoms with Gasteiger partial charge in [-0.3, -0.25) is 28.7 Å². The average Bonchev–Trinajstić information content (AvgIpc) is 3.84. The first-order chi connectivity index (χ1) is 29.6. The average molecular weight is 876 g/mol. The van der Waals surface area contributed by atoms with E-state index in [0.717, 1.165) is 45.1 Å². The summed E-state index contributed by atoms with van der Waals surface area (Å²) in [5, 5.41) is 45.0. The minimum absolute atomic E-state index is 0.0501. The van der Waals surface area contributed by atoms with Gasteiger partial charge < -0.3 is 56.5 Å². The molecule has 0 radical (unpaired) electrons. The number of para-hydroxylation sites is 1. The van der Waals surface area contributed by atoms with E-state index in [-0.39, 0.29) is 37.2 Å². The van der Waals surface area contributed by atoms with Crippen molar-refractivity contribution in [2.75, 3.05) is 19.1 Å². The van der Waals surface area contributed by atoms with E-state index in [1.54, 1.807) is 37.6 Å². The molecule has 2 aromatic carbocycles. The molecule has 62 heavy (non-hydrogen) atoms. The van der Waals surface area contributed by atoms with Gasteiger partial charge in [0, 0.05) is 62.0 Å². The van der Waals surface area contributed by atoms with E-state index in [2.05, 4.69) is 36.6 Å². The highest BCUT2D eigenvalue weighted by Gasteiger charge is 2.38. The molecule has 2 aliphatic heterocycles. The maximum Gasteiger partial charge on any atom is 0.331 e. The Morgan fingerprint density at radius 2 is 1.77 bits per heavy atom. The van der Waals surface area contributed by atoms with E-state index in [0.29, 0.717) is 17.9 Å². The summed E-state index contributed by atoms with van der Waals surface area (Å²) in [5.74, 6) is -2.84. The minimum atomic E-state index is -1.47. The van der Waals surface area contributed by atoms with Gasteiger partial charge in [0.2, 0.25) is 23.9 Å². The van der Waals surface area contributed by atoms with Crippen LogP contribution in [0.4, 0.5) is 4.79 Å². The Morgan fingerprint density at radius 1 is 1.02 bits per heavy atom. The summed E-state index contributed by atoms with van der Waals surface area (Å²) in [4.78, 5) is 98.3. The zero-order chi connectivity index (χ0) is 44.7. The van der Waals surface area contributed by atoms with Crippen LogP contribution in [-0.2, 0) is 43.3 Å². The third kappa shape index (κ3) is 10.6. The zero-order valence-corrected chi connectivity index (χ0v) is 34.9. The molecule has 0 bridgehead atoms. The van der Waals surface area contributed by atoms with Gasteiger partial charge in [0.1, 0.15) is 35.7 Å². The topological polar surface area (TPSA) is 289 Å². The van der Waals surface area contributed by atoms with Crippen molar-refractivity contribution in [3.05, 3.63) is 110 Å². The summed E-state index contributed by atoms with van der Waals surface area (Å²) in [6.07, 6.45) is 3.42. The standard InChI is InChI=1S/C41H49N9O11S/c1-21(49(2)37(56)30-15-23-14-25(51)9-8-22(23)18-43-30)34(36(55)44-20-26-17-32(52)38(61-26)50-12-10-33(53)47-41(50)60)48-35(54)29(11-13-62-3)45-40(59)46-31(39(57)58)16-24-19-42-28-7-5-4-6-27(24)28/h4-10,12,14,19-21,29-32,34,38,42-43,51-52H,11,13,15-18H2,1-3H3,(H,44,55)(H,48,54)(H,57,58)(H2,45,46,59)(H,47,53,60)/b26-20-/t21-,29-,30-,31-,32+,34-,38+/m0/s1. The zero-order valence-electron chi connectivity index (χ0n) is 34.0. The second-order valence-electron chi connectivity index (χ2n) is 15.1. The van der Waals surface area contributed by atoms with Crippen LogP contribution in [0, 0.1) is 0 Å². The number of aromatic hydroxyl groups is 1. The number of aromatic amines is 2. The number of thioether (sulfide) groups is 1. The normalized spacial score (nSPS) is 19.6. The van der Waals surface area contributed by atoms with E-state index >= 15 is 0 Å². The van der Waals surface area contributed by atoms with Crippen molar-refractivity contribution in [2.24, 2.45) is 0 Å². The molecule has 0 unspecified atom stereocenters. The van der Waals surface area contributed by atoms with Crippen LogP contribution in [0.1, 0.15) is 42.7 Å². The quantitative estimate of drug-likeness (QED) is 0.0717. The van der Waals surface area contributed by atoms with Gasteiger partial charge in [-0.2, -0.15) is 11.8 Å². The molecule has 7 atom stereocenters. The lowest BCUT2D eigenvalue weighted by Crippen LogP contribution is -2.62. The van der Waals surface area contributed by atoms with Gasteiger partial charge in [0.15, 0.2) is 0 Å². The number of hydrogen-bond acceptors (Lipinski definition) is 12. The maximum atomic E-state index is 14.1. The lowest BCUT2D eigenvalue weighted by atomic mass is 9.94. The molecule has 1 saturated heterocycles. The highest BCUT2D eigenvalue weighted by Crippen LogP contribution is 2.30. The fraction of sp³-hybridized carbons (Fsp3) is 0.390. The molecule has 0 aliphatic carbocycles. The predicted molar refractivity (Wildman–Crippen MR) is 227 cm³/mol. The van der Waals surface area contributed by atoms with Crippen molar-refractivity contribution in [3.8, 4) is 5.75 Å². The third-order valence-electron chi connectivity index (χ3n) is 10.9. The van der Waals surface area contributed by atoms with Crippen LogP contribution in [-0.4, -0.2) is 120 Å². The van der Waals surface area contributed by atoms with E-state index in [1.807, 2.05) is 24.3 Å². The number of hydrogen-bond donors (Lipinski definition) is 10. The van der Waals surface area contributed by atoms with Crippen molar-refractivity contribution in [1.82, 2.24) is 46.0 Å². The third-order valence-corrected chi connectivity index (χ3v) is 11.6. The van der Waals surface area contributed by atoms with Crippen LogP contribution in [0.5, 0.6) is 5.75 Å². The van der Waals surface area contributed by atoms with E-state index < -0.39 is 83.5 Å². The highest BCUT2D eigenvalue weighted by molar-refractivity contribution is 7.98. The fourth-order valence-corrected chi connectivity index (χ4v) is 7.85. The Kier molecular flexibility index (Phi) is 14.4. The smallest absolute Gasteiger partial charge is 0.331 e. The molecule has 6 rings (SSSR count). The molecule has 20 nitrogen and oxygen atoms in total. The Bertz CT molecular complexity index is 2470. The molecule has 10 N–H and O–H groups in total. The Balaban J connectivity index is 1.20. The number of fused-ring (bicyclic) bond motifs is 2. The van der Waals surface area contributed by atoms with Crippen LogP contribution in [0.25, 0.3) is 10.9 Å². The van der Waals surface area contributed by atoms with E-state index in [1.165, 1.54) is 23.7 Å². The summed E-state index contributed by atoms with van der Waals surface area (Å²) < 4.78 is 6.73. The first-order valence-corrected chi connectivity index (χ1v) is 21.1. The molecule has 2 aromatic heterocycles. The molecule has 5 amide bonds. The summed E-state index contributed by atoms with van der Waals surface area (Å²) in [5.41, 5.74) is 1.66. The Hall–Kier alpha value is -6.58. The number of nitrogens with zero attached hydrogens (tertiary/aromatic N) is 2. The van der Waals surface area contributed by atoms with E-state index in [9.17, 15) is 48.9 Å². The maximum absolute atomic E-state index is 14.1. The Labute approximate surface area is 358 Å². The van der Waals surface area contributed by atoms with Crippen LogP contribution < -0.4 is 37.8 Å². The number of rotatable bonds is 16. The molecule has 2 aliphatic rings. The second kappa shape index (κ2) is 19.9. The monoisotopic (exact) mass is 875 g/mol. The summed E-state index contributed by atoms with van der Waals surface area (Å²) in [6.45, 7) is 1.89. The van der Waals surface area contributed by atoms with Gasteiger partial charge in [0.25, 0.3) is 5.56 Å². The van der Waals surface area contributed by atoms with Crippen molar-refractivity contribution in [2.45, 2.75) is 81.7 Å². The van der Waals surface area contributed by atoms with Gasteiger partial charge in [-0.05, 0) is 66.7 Å². The number of H-pyrrole nitrogens is 2. The largest absolute Gasteiger partial charge is 0.508 e. The van der Waals surface area contributed by atoms with Crippen LogP contribution in [0.2, 0.25) is 0 Å². The van der Waals surface area contributed by atoms with Gasteiger partial charge in [-0.1, -0.05) is 24.3 Å². The molecule has 4 aromatic rings. The van der Waals surface area contributed by atoms with Gasteiger partial charge in [-0.25, -0.2) is 14.4 Å². The van der Waals surface area contributed by atoms with Crippen LogP contribution >= 0.6 is 11.8 Å². The molecule has 1 fully saturated rings. The lowest BCUT2D eigenvalue weighted by molar-refractivity contribution is -0.139. The molecule has 4 heterocycles. The number of aliphatic hydroxyl groups is 1. The number of carboxylic acids is 1. The number of urea groups is 1. The van der Waals surface area contributed by atoms with Crippen LogP contribution in [0.15, 0.2) is 82.5 Å². The summed E-state index contributed by atoms with van der Waals surface area (Å²) >= 11 is 1.39. The first-order valence-electron chi connectivity index (χ1n) is 19.7. The number of phenols is 1. The SMILES string of the molecule is CSCC[C@H](NC(=O)N[C@@H](Cc1c[nH]c2ccccc12)C(=O)O)C(=O)N[C@H](C(=O)N/C=C1/C[C@@H](O)[C@H](n2ccc(=O)[nH]c2=O)O1)[C@H](C)N(C)C(=O)[C@@H]1Cc2cc(O)ccc2CN1. The number of carbonyl (C=O) groups is 5. The van der Waals surface area contributed by atoms with Crippen molar-refractivity contribution in [1.29, 1.82) is 0 Å². The molecule has 0 saturated carbocycles. The van der Waals surface area contributed by atoms with Crippen molar-refractivity contribution in [3.63, 3.8) is 0 Å². The summed E-state index contributed by atoms with van der Waals surface area (Å²) in [6, 6.07) is 6.48. The van der Waals surface area contributed by atoms with Crippen molar-refractivity contribution < 1.29 is 44.0 Å². The number of aliphatic carboxylic acids is 1. The number of aromatic nitrogens is 3. The number of carboxylic acid groups (broad SMARTS) is 1. The van der Waals surface area contributed by atoms with Crippen molar-refractivity contribution >= 4 is 52.4 Å². The number of likely N-dealkylation sites (N-methyl/N-ethyl adjacent to an activating group) is 1. The van der Waals surface area contributed by atoms with Gasteiger partial charge in [0.05, 0.1) is 12.1 Å². The number of phenolic OH excluding ortho intramolecular Hbond substituents is 1. The molecule has 330 valence electrons. The van der Waals surface area contributed by atoms with Gasteiger partial charge >= 0.3 is 17.7 Å². The highest BCUT2D eigenvalue weighted by atomic mass is 32.2. The predicted octanol–water partition coefficient (Wildman–Crippen LogP) is 0.124. The Morgan fingerprint density at radius 3 is 2.52 bits per heavy atom. The number of benzene rings is 2. The fourth-order valence-electron chi connectivity index (χ4n) is 7.38. The molecular weight excluding hydrogens is 827 g/mol. The summed E-state index contributed by atoms with van der Waals surface area (Å²) in [7, 11) is 1.47. The molecular formula is C41H49N9O11S. The lowest BCUT2D eigenvalue weighted by Gasteiger charge is -2.36. The second-order valence-corrected chi connectivity index (χ2v) is 16.1. The first kappa shape index (κ1) is 45.0. The number of amides is 5. The number of carbonyl (C=O) groups excluding carboxylic acids is 4. The van der Waals surface area contributed by atoms with Gasteiger partial charge in [-0.15, -0.1) is 0 Å². The molecule has 0 spiro atoms. The van der Waals surface area contributed by atoms with Crippen LogP contribution in [0.3, 0.4) is 0 Å².